The van der Waals surface area contributed by atoms with Gasteiger partial charge in [0.25, 0.3) is 0 Å². The molecule has 0 spiro atoms. The van der Waals surface area contributed by atoms with Crippen LogP contribution in [0.4, 0.5) is 0 Å². The van der Waals surface area contributed by atoms with Crippen molar-refractivity contribution in [3.8, 4) is 0 Å². The highest BCUT2D eigenvalue weighted by molar-refractivity contribution is 5.22. The van der Waals surface area contributed by atoms with E-state index < -0.39 is 0 Å². The Bertz CT molecular complexity index is 229. The Morgan fingerprint density at radius 2 is 1.93 bits per heavy atom. The Balaban J connectivity index is 2.01. The Morgan fingerprint density at radius 3 is 2.60 bits per heavy atom. The molecule has 2 heteroatoms. The van der Waals surface area contributed by atoms with Gasteiger partial charge in [0.1, 0.15) is 0 Å². The van der Waals surface area contributed by atoms with E-state index in [-0.39, 0.29) is 0 Å². The van der Waals surface area contributed by atoms with Crippen LogP contribution >= 0.6 is 0 Å². The van der Waals surface area contributed by atoms with E-state index in [4.69, 9.17) is 9.47 Å². The highest BCUT2D eigenvalue weighted by Gasteiger charge is 2.02. The molecular formula is C13H22O2. The van der Waals surface area contributed by atoms with Gasteiger partial charge in [-0.25, -0.2) is 0 Å². The van der Waals surface area contributed by atoms with Crippen molar-refractivity contribution in [2.45, 2.75) is 32.6 Å². The van der Waals surface area contributed by atoms with Crippen LogP contribution in [0.1, 0.15) is 32.6 Å². The molecule has 86 valence electrons. The number of rotatable bonds is 7. The van der Waals surface area contributed by atoms with Crippen LogP contribution in [0.2, 0.25) is 0 Å². The summed E-state index contributed by atoms with van der Waals surface area (Å²) in [5.74, 6) is 0. The lowest BCUT2D eigenvalue weighted by Crippen LogP contribution is -2.03. The Kier molecular flexibility index (Phi) is 6.37. The third-order valence-corrected chi connectivity index (χ3v) is 2.62. The molecule has 2 nitrogen and oxygen atoms in total. The van der Waals surface area contributed by atoms with E-state index in [2.05, 4.69) is 19.1 Å². The molecule has 15 heavy (non-hydrogen) atoms. The average Bonchev–Trinajstić information content (AvgIpc) is 2.26. The van der Waals surface area contributed by atoms with E-state index in [1.54, 1.807) is 7.11 Å². The second-order valence-electron chi connectivity index (χ2n) is 4.09. The summed E-state index contributed by atoms with van der Waals surface area (Å²) in [6.07, 6.45) is 8.95. The molecule has 0 amide bonds. The van der Waals surface area contributed by atoms with Crippen molar-refractivity contribution in [3.05, 3.63) is 23.3 Å². The van der Waals surface area contributed by atoms with Crippen LogP contribution in [0.15, 0.2) is 23.3 Å². The second kappa shape index (κ2) is 7.66. The molecule has 0 radical (unpaired) electrons. The van der Waals surface area contributed by atoms with Gasteiger partial charge in [0.2, 0.25) is 0 Å². The van der Waals surface area contributed by atoms with Crippen molar-refractivity contribution in [3.63, 3.8) is 0 Å². The summed E-state index contributed by atoms with van der Waals surface area (Å²) in [5.41, 5.74) is 2.89. The summed E-state index contributed by atoms with van der Waals surface area (Å²) in [6, 6.07) is 0. The standard InChI is InChI=1S/C13H22O2/c1-12-5-7-13(8-6-12)11-15-10-4-3-9-14-2/h5,7H,3-4,6,8-11H2,1-2H3. The van der Waals surface area contributed by atoms with Crippen LogP contribution in [-0.4, -0.2) is 26.9 Å². The summed E-state index contributed by atoms with van der Waals surface area (Å²) in [4.78, 5) is 0. The molecule has 0 heterocycles. The van der Waals surface area contributed by atoms with Crippen molar-refractivity contribution >= 4 is 0 Å². The third kappa shape index (κ3) is 5.75. The molecule has 1 aliphatic rings. The van der Waals surface area contributed by atoms with Gasteiger partial charge in [0.05, 0.1) is 6.61 Å². The van der Waals surface area contributed by atoms with Gasteiger partial charge in [0.15, 0.2) is 0 Å². The molecule has 1 rings (SSSR count). The number of hydrogen-bond donors (Lipinski definition) is 0. The smallest absolute Gasteiger partial charge is 0.0679 e. The van der Waals surface area contributed by atoms with Crippen molar-refractivity contribution in [1.82, 2.24) is 0 Å². The maximum Gasteiger partial charge on any atom is 0.0679 e. The van der Waals surface area contributed by atoms with E-state index in [1.807, 2.05) is 0 Å². The van der Waals surface area contributed by atoms with Crippen LogP contribution in [0.5, 0.6) is 0 Å². The molecule has 0 saturated heterocycles. The number of hydrogen-bond acceptors (Lipinski definition) is 2. The van der Waals surface area contributed by atoms with E-state index in [9.17, 15) is 0 Å². The third-order valence-electron chi connectivity index (χ3n) is 2.62. The largest absolute Gasteiger partial charge is 0.385 e. The van der Waals surface area contributed by atoms with Gasteiger partial charge in [-0.1, -0.05) is 17.7 Å². The van der Waals surface area contributed by atoms with Crippen LogP contribution < -0.4 is 0 Å². The summed E-state index contributed by atoms with van der Waals surface area (Å²) < 4.78 is 10.6. The fourth-order valence-electron chi connectivity index (χ4n) is 1.56. The quantitative estimate of drug-likeness (QED) is 0.601. The number of ether oxygens (including phenoxy) is 2. The lowest BCUT2D eigenvalue weighted by Gasteiger charge is -2.12. The normalized spacial score (nSPS) is 16.1. The molecule has 0 saturated carbocycles. The van der Waals surface area contributed by atoms with E-state index in [0.717, 1.165) is 32.7 Å². The zero-order valence-electron chi connectivity index (χ0n) is 9.92. The molecule has 0 atom stereocenters. The minimum atomic E-state index is 0.802. The SMILES string of the molecule is COCCCCOCC1=CC=C(C)CC1. The lowest BCUT2D eigenvalue weighted by atomic mass is 10.0. The van der Waals surface area contributed by atoms with Crippen molar-refractivity contribution in [1.29, 1.82) is 0 Å². The van der Waals surface area contributed by atoms with Crippen LogP contribution in [0.3, 0.4) is 0 Å². The van der Waals surface area contributed by atoms with Crippen LogP contribution in [0, 0.1) is 0 Å². The highest BCUT2D eigenvalue weighted by Crippen LogP contribution is 2.17. The van der Waals surface area contributed by atoms with Gasteiger partial charge in [-0.05, 0) is 38.2 Å². The summed E-state index contributed by atoms with van der Waals surface area (Å²) in [7, 11) is 1.74. The summed E-state index contributed by atoms with van der Waals surface area (Å²) in [5, 5.41) is 0. The molecule has 0 aromatic carbocycles. The van der Waals surface area contributed by atoms with Crippen molar-refractivity contribution < 1.29 is 9.47 Å². The highest BCUT2D eigenvalue weighted by atomic mass is 16.5. The van der Waals surface area contributed by atoms with Crippen molar-refractivity contribution in [2.75, 3.05) is 26.9 Å². The first kappa shape index (κ1) is 12.5. The molecule has 0 aromatic heterocycles. The van der Waals surface area contributed by atoms with Crippen molar-refractivity contribution in [2.24, 2.45) is 0 Å². The Labute approximate surface area is 93.0 Å². The fourth-order valence-corrected chi connectivity index (χ4v) is 1.56. The molecule has 0 unspecified atom stereocenters. The molecule has 0 N–H and O–H groups in total. The molecule has 1 aliphatic carbocycles. The first-order valence-electron chi connectivity index (χ1n) is 5.75. The zero-order chi connectivity index (χ0) is 10.9. The zero-order valence-corrected chi connectivity index (χ0v) is 9.92. The minimum Gasteiger partial charge on any atom is -0.385 e. The lowest BCUT2D eigenvalue weighted by molar-refractivity contribution is 0.134. The fraction of sp³-hybridized carbons (Fsp3) is 0.692. The molecule has 0 bridgehead atoms. The number of unbranched alkanes of at least 4 members (excludes halogenated alkanes) is 1. The van der Waals surface area contributed by atoms with Gasteiger partial charge in [-0.2, -0.15) is 0 Å². The Hall–Kier alpha value is -0.600. The number of allylic oxidation sites excluding steroid dienone is 3. The van der Waals surface area contributed by atoms with Gasteiger partial charge in [-0.3, -0.25) is 0 Å². The van der Waals surface area contributed by atoms with Gasteiger partial charge < -0.3 is 9.47 Å². The van der Waals surface area contributed by atoms with E-state index >= 15 is 0 Å². The van der Waals surface area contributed by atoms with Gasteiger partial charge in [0, 0.05) is 20.3 Å². The van der Waals surface area contributed by atoms with Gasteiger partial charge in [-0.15, -0.1) is 0 Å². The predicted molar refractivity (Wildman–Crippen MR) is 63.0 cm³/mol. The Morgan fingerprint density at radius 1 is 1.13 bits per heavy atom. The monoisotopic (exact) mass is 210 g/mol. The first-order valence-corrected chi connectivity index (χ1v) is 5.75. The number of methoxy groups -OCH3 is 1. The molecule has 0 aromatic rings. The maximum atomic E-state index is 5.60. The molecular weight excluding hydrogens is 188 g/mol. The van der Waals surface area contributed by atoms with E-state index in [0.29, 0.717) is 0 Å². The van der Waals surface area contributed by atoms with Crippen LogP contribution in [0.25, 0.3) is 0 Å². The minimum absolute atomic E-state index is 0.802. The maximum absolute atomic E-state index is 5.60. The summed E-state index contributed by atoms with van der Waals surface area (Å²) in [6.45, 7) is 4.67. The second-order valence-corrected chi connectivity index (χ2v) is 4.09. The van der Waals surface area contributed by atoms with Gasteiger partial charge >= 0.3 is 0 Å². The molecule has 0 fully saturated rings. The van der Waals surface area contributed by atoms with E-state index in [1.165, 1.54) is 24.0 Å². The first-order chi connectivity index (χ1) is 7.33. The summed E-state index contributed by atoms with van der Waals surface area (Å²) >= 11 is 0. The molecule has 0 aliphatic heterocycles. The van der Waals surface area contributed by atoms with Crippen LogP contribution in [-0.2, 0) is 9.47 Å². The predicted octanol–water partition coefficient (Wildman–Crippen LogP) is 3.10. The topological polar surface area (TPSA) is 18.5 Å². The average molecular weight is 210 g/mol.